The summed E-state index contributed by atoms with van der Waals surface area (Å²) in [4.78, 5) is 36.7. The fourth-order valence-corrected chi connectivity index (χ4v) is 2.91. The van der Waals surface area contributed by atoms with Crippen molar-refractivity contribution in [2.45, 2.75) is 53.6 Å². The molecule has 0 aromatic heterocycles. The van der Waals surface area contributed by atoms with E-state index in [1.807, 2.05) is 40.7 Å². The number of ketones is 2. The van der Waals surface area contributed by atoms with Gasteiger partial charge in [0.1, 0.15) is 17.6 Å². The molecule has 0 bridgehead atoms. The highest BCUT2D eigenvalue weighted by molar-refractivity contribution is 6.24. The second kappa shape index (κ2) is 8.90. The average Bonchev–Trinajstić information content (AvgIpc) is 2.63. The molecule has 0 saturated carbocycles. The topological polar surface area (TPSA) is 101 Å². The summed E-state index contributed by atoms with van der Waals surface area (Å²) < 4.78 is 5.59. The van der Waals surface area contributed by atoms with Crippen LogP contribution in [0.4, 0.5) is 0 Å². The van der Waals surface area contributed by atoms with E-state index >= 15 is 0 Å². The smallest absolute Gasteiger partial charge is 0.310 e. The van der Waals surface area contributed by atoms with E-state index in [0.717, 1.165) is 28.9 Å². The number of carbonyl (C=O) groups excluding carboxylic acids is 3. The molecule has 6 nitrogen and oxygen atoms in total. The predicted octanol–water partition coefficient (Wildman–Crippen LogP) is 4.72. The Kier molecular flexibility index (Phi) is 6.80. The van der Waals surface area contributed by atoms with E-state index < -0.39 is 35.1 Å². The number of rotatable bonds is 6. The number of allylic oxidation sites excluding steroid dienone is 4. The standard InChI is InChI=1S/C23H26O6/c1-12(2)6-9-19(29-20(27)10-14(5)13(3)4)15-11-18(26)21-16(24)7-8-17(25)22(21)23(15)28/h6-8,11,19,26,28H,9-10H2,1-5H3/t19-/m0/s1. The van der Waals surface area contributed by atoms with Gasteiger partial charge in [-0.2, -0.15) is 0 Å². The first-order valence-electron chi connectivity index (χ1n) is 9.34. The third-order valence-electron chi connectivity index (χ3n) is 4.81. The van der Waals surface area contributed by atoms with Crippen LogP contribution < -0.4 is 0 Å². The first-order valence-corrected chi connectivity index (χ1v) is 9.34. The summed E-state index contributed by atoms with van der Waals surface area (Å²) >= 11 is 0. The van der Waals surface area contributed by atoms with Crippen LogP contribution in [-0.2, 0) is 9.53 Å². The van der Waals surface area contributed by atoms with Crippen molar-refractivity contribution in [1.82, 2.24) is 0 Å². The van der Waals surface area contributed by atoms with Crippen molar-refractivity contribution in [1.29, 1.82) is 0 Å². The van der Waals surface area contributed by atoms with Crippen LogP contribution >= 0.6 is 0 Å². The maximum Gasteiger partial charge on any atom is 0.310 e. The average molecular weight is 398 g/mol. The highest BCUT2D eigenvalue weighted by Gasteiger charge is 2.31. The summed E-state index contributed by atoms with van der Waals surface area (Å²) in [6, 6.07) is 1.18. The molecule has 0 heterocycles. The van der Waals surface area contributed by atoms with Crippen molar-refractivity contribution in [2.24, 2.45) is 0 Å². The number of phenolic OH excluding ortho intramolecular Hbond substituents is 2. The lowest BCUT2D eigenvalue weighted by Crippen LogP contribution is -2.16. The molecule has 1 aromatic carbocycles. The summed E-state index contributed by atoms with van der Waals surface area (Å²) in [5, 5.41) is 21.1. The monoisotopic (exact) mass is 398 g/mol. The Hall–Kier alpha value is -3.15. The number of aromatic hydroxyl groups is 2. The normalized spacial score (nSPS) is 13.6. The molecule has 1 aliphatic rings. The zero-order chi connectivity index (χ0) is 21.9. The largest absolute Gasteiger partial charge is 0.507 e. The number of fused-ring (bicyclic) bond motifs is 1. The van der Waals surface area contributed by atoms with Crippen LogP contribution in [0.15, 0.2) is 41.0 Å². The van der Waals surface area contributed by atoms with Gasteiger partial charge in [0.2, 0.25) is 0 Å². The molecule has 154 valence electrons. The molecule has 1 aliphatic carbocycles. The van der Waals surface area contributed by atoms with Crippen LogP contribution in [0.5, 0.6) is 11.5 Å². The minimum Gasteiger partial charge on any atom is -0.507 e. The number of carbonyl (C=O) groups is 3. The van der Waals surface area contributed by atoms with Gasteiger partial charge in [-0.3, -0.25) is 14.4 Å². The number of phenols is 2. The van der Waals surface area contributed by atoms with Gasteiger partial charge in [-0.05, 0) is 52.8 Å². The summed E-state index contributed by atoms with van der Waals surface area (Å²) in [5.41, 5.74) is 2.42. The van der Waals surface area contributed by atoms with Crippen LogP contribution in [0.25, 0.3) is 0 Å². The molecule has 0 fully saturated rings. The van der Waals surface area contributed by atoms with E-state index in [4.69, 9.17) is 4.74 Å². The molecule has 29 heavy (non-hydrogen) atoms. The van der Waals surface area contributed by atoms with Gasteiger partial charge < -0.3 is 14.9 Å². The molecule has 0 amide bonds. The second-order valence-corrected chi connectivity index (χ2v) is 7.60. The fourth-order valence-electron chi connectivity index (χ4n) is 2.91. The van der Waals surface area contributed by atoms with E-state index in [2.05, 4.69) is 0 Å². The predicted molar refractivity (Wildman–Crippen MR) is 109 cm³/mol. The molecule has 0 saturated heterocycles. The molecule has 2 N–H and O–H groups in total. The number of hydrogen-bond acceptors (Lipinski definition) is 6. The third kappa shape index (κ3) is 5.02. The highest BCUT2D eigenvalue weighted by Crippen LogP contribution is 2.41. The minimum absolute atomic E-state index is 0.0819. The van der Waals surface area contributed by atoms with Gasteiger partial charge in [0.05, 0.1) is 17.5 Å². The summed E-state index contributed by atoms with van der Waals surface area (Å²) in [6.07, 6.45) is 3.33. The molecule has 2 rings (SSSR count). The van der Waals surface area contributed by atoms with Gasteiger partial charge in [-0.25, -0.2) is 0 Å². The zero-order valence-corrected chi connectivity index (χ0v) is 17.3. The van der Waals surface area contributed by atoms with Crippen molar-refractivity contribution in [3.05, 3.63) is 57.7 Å². The highest BCUT2D eigenvalue weighted by atomic mass is 16.5. The fraction of sp³-hybridized carbons (Fsp3) is 0.348. The SMILES string of the molecule is CC(C)=CC[C@H](OC(=O)CC(C)=C(C)C)c1cc(O)c2c(c1O)C(=O)C=CC2=O. The summed E-state index contributed by atoms with van der Waals surface area (Å²) in [5.74, 6) is -2.55. The van der Waals surface area contributed by atoms with Crippen molar-refractivity contribution >= 4 is 17.5 Å². The Labute approximate surface area is 170 Å². The van der Waals surface area contributed by atoms with E-state index in [1.54, 1.807) is 0 Å². The molecule has 6 heteroatoms. The van der Waals surface area contributed by atoms with Crippen molar-refractivity contribution in [3.8, 4) is 11.5 Å². The van der Waals surface area contributed by atoms with Gasteiger partial charge in [-0.15, -0.1) is 0 Å². The van der Waals surface area contributed by atoms with E-state index in [-0.39, 0.29) is 29.5 Å². The molecule has 1 aromatic rings. The Morgan fingerprint density at radius 1 is 1.03 bits per heavy atom. The van der Waals surface area contributed by atoms with Gasteiger partial charge in [0.25, 0.3) is 0 Å². The Morgan fingerprint density at radius 2 is 1.62 bits per heavy atom. The maximum atomic E-state index is 12.4. The van der Waals surface area contributed by atoms with Crippen molar-refractivity contribution in [3.63, 3.8) is 0 Å². The van der Waals surface area contributed by atoms with Crippen LogP contribution in [0.2, 0.25) is 0 Å². The van der Waals surface area contributed by atoms with E-state index in [1.165, 1.54) is 6.07 Å². The Bertz CT molecular complexity index is 954. The second-order valence-electron chi connectivity index (χ2n) is 7.60. The van der Waals surface area contributed by atoms with E-state index in [0.29, 0.717) is 0 Å². The van der Waals surface area contributed by atoms with Gasteiger partial charge in [0.15, 0.2) is 11.6 Å². The molecule has 0 spiro atoms. The molecule has 1 atom stereocenters. The van der Waals surface area contributed by atoms with Gasteiger partial charge in [0, 0.05) is 12.0 Å². The van der Waals surface area contributed by atoms with Crippen LogP contribution in [0.3, 0.4) is 0 Å². The molecular formula is C23H26O6. The molecule has 0 radical (unpaired) electrons. The quantitative estimate of drug-likeness (QED) is 0.408. The minimum atomic E-state index is -0.924. The molecular weight excluding hydrogens is 372 g/mol. The number of esters is 1. The summed E-state index contributed by atoms with van der Waals surface area (Å²) in [6.45, 7) is 9.38. The maximum absolute atomic E-state index is 12.4. The van der Waals surface area contributed by atoms with Crippen LogP contribution in [0, 0.1) is 0 Å². The third-order valence-corrected chi connectivity index (χ3v) is 4.81. The van der Waals surface area contributed by atoms with E-state index in [9.17, 15) is 24.6 Å². The Morgan fingerprint density at radius 3 is 2.17 bits per heavy atom. The van der Waals surface area contributed by atoms with Gasteiger partial charge in [-0.1, -0.05) is 22.8 Å². The van der Waals surface area contributed by atoms with Crippen LogP contribution in [-0.4, -0.2) is 27.7 Å². The lowest BCUT2D eigenvalue weighted by molar-refractivity contribution is -0.148. The van der Waals surface area contributed by atoms with Crippen LogP contribution in [0.1, 0.15) is 79.8 Å². The molecule has 0 aliphatic heterocycles. The zero-order valence-electron chi connectivity index (χ0n) is 17.3. The first kappa shape index (κ1) is 22.1. The van der Waals surface area contributed by atoms with Gasteiger partial charge >= 0.3 is 5.97 Å². The van der Waals surface area contributed by atoms with Crippen molar-refractivity contribution in [2.75, 3.05) is 0 Å². The first-order chi connectivity index (χ1) is 13.5. The Balaban J connectivity index is 2.51. The number of hydrogen-bond donors (Lipinski definition) is 2. The lowest BCUT2D eigenvalue weighted by atomic mass is 9.89. The number of benzene rings is 1. The summed E-state index contributed by atoms with van der Waals surface area (Å²) in [7, 11) is 0. The molecule has 0 unspecified atom stereocenters. The van der Waals surface area contributed by atoms with Crippen molar-refractivity contribution < 1.29 is 29.3 Å². The number of ether oxygens (including phenoxy) is 1. The lowest BCUT2D eigenvalue weighted by Gasteiger charge is -2.22.